The van der Waals surface area contributed by atoms with Crippen molar-refractivity contribution in [2.75, 3.05) is 19.6 Å². The first-order chi connectivity index (χ1) is 8.84. The number of hydrogen-bond acceptors (Lipinski definition) is 2. The van der Waals surface area contributed by atoms with Crippen molar-refractivity contribution in [3.8, 4) is 0 Å². The number of allylic oxidation sites excluding steroid dienone is 2. The van der Waals surface area contributed by atoms with Crippen molar-refractivity contribution in [3.05, 3.63) is 22.2 Å². The van der Waals surface area contributed by atoms with Gasteiger partial charge in [-0.05, 0) is 26.1 Å². The van der Waals surface area contributed by atoms with E-state index in [4.69, 9.17) is 23.2 Å². The molecule has 1 rings (SSSR count). The van der Waals surface area contributed by atoms with E-state index in [9.17, 15) is 4.79 Å². The lowest BCUT2D eigenvalue weighted by Gasteiger charge is -2.37. The van der Waals surface area contributed by atoms with Gasteiger partial charge in [0, 0.05) is 11.0 Å². The fourth-order valence-electron chi connectivity index (χ4n) is 2.08. The number of hydrogen-bond donors (Lipinski definition) is 1. The van der Waals surface area contributed by atoms with Gasteiger partial charge in [-0.3, -0.25) is 9.69 Å². The van der Waals surface area contributed by atoms with Gasteiger partial charge in [0.25, 0.3) is 0 Å². The van der Waals surface area contributed by atoms with E-state index >= 15 is 0 Å². The van der Waals surface area contributed by atoms with Gasteiger partial charge in [0.15, 0.2) is 0 Å². The van der Waals surface area contributed by atoms with E-state index in [1.54, 1.807) is 6.08 Å². The highest BCUT2D eigenvalue weighted by Crippen LogP contribution is 2.36. The molecule has 1 aliphatic rings. The predicted molar refractivity (Wildman–Crippen MR) is 92.2 cm³/mol. The van der Waals surface area contributed by atoms with Crippen LogP contribution < -0.4 is 5.32 Å². The van der Waals surface area contributed by atoms with Crippen LogP contribution in [-0.4, -0.2) is 41.5 Å². The van der Waals surface area contributed by atoms with E-state index in [0.717, 1.165) is 13.1 Å². The average molecular weight is 360 g/mol. The number of nitrogens with zero attached hydrogens (tertiary/aromatic N) is 1. The van der Waals surface area contributed by atoms with Crippen molar-refractivity contribution >= 4 is 41.5 Å². The van der Waals surface area contributed by atoms with Gasteiger partial charge >= 0.3 is 0 Å². The molecule has 0 spiro atoms. The molecule has 0 aromatic heterocycles. The summed E-state index contributed by atoms with van der Waals surface area (Å²) in [6.07, 6.45) is 3.66. The second-order valence-corrected chi connectivity index (χ2v) is 5.86. The third-order valence-corrected chi connectivity index (χ3v) is 4.71. The van der Waals surface area contributed by atoms with Crippen LogP contribution in [0.5, 0.6) is 0 Å². The van der Waals surface area contributed by atoms with Crippen LogP contribution in [0.4, 0.5) is 0 Å². The highest BCUT2D eigenvalue weighted by atomic mass is 35.5. The van der Waals surface area contributed by atoms with Gasteiger partial charge in [0.05, 0.1) is 17.1 Å². The number of nitrogens with one attached hydrogen (secondary N) is 1. The summed E-state index contributed by atoms with van der Waals surface area (Å²) in [4.78, 5) is 14.2. The third kappa shape index (κ3) is 5.80. The van der Waals surface area contributed by atoms with Crippen LogP contribution in [0.3, 0.4) is 0 Å². The molecule has 4 nitrogen and oxygen atoms in total. The Morgan fingerprint density at radius 3 is 2.38 bits per heavy atom. The maximum atomic E-state index is 12.1. The Hall–Kier alpha value is -0.260. The van der Waals surface area contributed by atoms with Gasteiger partial charge in [-0.25, -0.2) is 0 Å². The van der Waals surface area contributed by atoms with Crippen LogP contribution >= 0.6 is 35.6 Å². The lowest BCUT2D eigenvalue weighted by atomic mass is 9.83. The van der Waals surface area contributed by atoms with Crippen LogP contribution in [0.15, 0.2) is 22.2 Å². The quantitative estimate of drug-likeness (QED) is 0.820. The monoisotopic (exact) mass is 358 g/mol. The zero-order chi connectivity index (χ0) is 14.6. The molecular formula is C14H25Cl3N2O2. The number of amides is 1. The zero-order valence-corrected chi connectivity index (χ0v) is 15.2. The van der Waals surface area contributed by atoms with Crippen LogP contribution in [0.2, 0.25) is 0 Å². The van der Waals surface area contributed by atoms with Gasteiger partial charge in [0.2, 0.25) is 5.91 Å². The first-order valence-corrected chi connectivity index (χ1v) is 7.37. The highest BCUT2D eigenvalue weighted by Gasteiger charge is 2.35. The van der Waals surface area contributed by atoms with Crippen molar-refractivity contribution < 1.29 is 10.3 Å². The Kier molecular flexibility index (Phi) is 10.6. The van der Waals surface area contributed by atoms with Crippen molar-refractivity contribution in [2.24, 2.45) is 5.92 Å². The molecule has 1 aliphatic carbocycles. The molecule has 0 aromatic rings. The number of carbonyl (C=O) groups is 1. The summed E-state index contributed by atoms with van der Waals surface area (Å²) >= 11 is 12.2. The van der Waals surface area contributed by atoms with Gasteiger partial charge < -0.3 is 10.8 Å². The van der Waals surface area contributed by atoms with Crippen LogP contribution in [0.25, 0.3) is 0 Å². The molecule has 7 heteroatoms. The largest absolute Gasteiger partial charge is 0.412 e. The lowest BCUT2D eigenvalue weighted by Crippen LogP contribution is -2.53. The molecule has 2 atom stereocenters. The molecule has 124 valence electrons. The molecule has 0 saturated carbocycles. The zero-order valence-electron chi connectivity index (χ0n) is 12.9. The van der Waals surface area contributed by atoms with Crippen LogP contribution in [0, 0.1) is 5.92 Å². The van der Waals surface area contributed by atoms with E-state index in [1.165, 1.54) is 0 Å². The van der Waals surface area contributed by atoms with Crippen LogP contribution in [0.1, 0.15) is 27.7 Å². The standard InChI is InChI=1S/C14H22Cl2N2O.ClH.H2O/c1-5-18(6-2)9-12(19)17-14(4)8-7-11(15)13(16)10(14)3;;/h7-8,10H,5-6,9H2,1-4H3,(H,17,19);1H;1H2. The molecule has 0 aliphatic heterocycles. The Morgan fingerprint density at radius 1 is 1.38 bits per heavy atom. The van der Waals surface area contributed by atoms with E-state index in [1.807, 2.05) is 33.8 Å². The van der Waals surface area contributed by atoms with Gasteiger partial charge in [-0.2, -0.15) is 0 Å². The third-order valence-electron chi connectivity index (χ3n) is 3.75. The van der Waals surface area contributed by atoms with E-state index in [0.29, 0.717) is 16.6 Å². The number of carbonyl (C=O) groups excluding carboxylic acids is 1. The predicted octanol–water partition coefficient (Wildman–Crippen LogP) is 2.70. The summed E-state index contributed by atoms with van der Waals surface area (Å²) in [5, 5.41) is 4.19. The van der Waals surface area contributed by atoms with Crippen molar-refractivity contribution in [3.63, 3.8) is 0 Å². The summed E-state index contributed by atoms with van der Waals surface area (Å²) in [5.41, 5.74) is -0.486. The molecule has 0 saturated heterocycles. The Bertz CT molecular complexity index is 409. The summed E-state index contributed by atoms with van der Waals surface area (Å²) in [5.74, 6) is -0.0301. The number of likely N-dealkylation sites (N-methyl/N-ethyl adjacent to an activating group) is 1. The molecule has 0 radical (unpaired) electrons. The summed E-state index contributed by atoms with van der Waals surface area (Å²) in [6.45, 7) is 10.1. The minimum atomic E-state index is -0.486. The Morgan fingerprint density at radius 2 is 1.90 bits per heavy atom. The van der Waals surface area contributed by atoms with Crippen molar-refractivity contribution in [1.82, 2.24) is 10.2 Å². The molecule has 3 N–H and O–H groups in total. The van der Waals surface area contributed by atoms with Crippen molar-refractivity contribution in [1.29, 1.82) is 0 Å². The second kappa shape index (κ2) is 9.70. The maximum Gasteiger partial charge on any atom is 0.234 e. The summed E-state index contributed by atoms with van der Waals surface area (Å²) in [7, 11) is 0. The van der Waals surface area contributed by atoms with Gasteiger partial charge in [-0.15, -0.1) is 12.4 Å². The Labute approximate surface area is 143 Å². The molecule has 0 heterocycles. The number of rotatable bonds is 5. The second-order valence-electron chi connectivity index (χ2n) is 5.04. The minimum absolute atomic E-state index is 0. The summed E-state index contributed by atoms with van der Waals surface area (Å²) < 4.78 is 0. The smallest absolute Gasteiger partial charge is 0.234 e. The van der Waals surface area contributed by atoms with Gasteiger partial charge in [-0.1, -0.05) is 50.0 Å². The lowest BCUT2D eigenvalue weighted by molar-refractivity contribution is -0.123. The number of halogens is 3. The fraction of sp³-hybridized carbons (Fsp3) is 0.643. The SMILES string of the molecule is CCN(CC)CC(=O)NC1(C)C=CC(Cl)=C(Cl)C1C.Cl.O. The molecule has 0 bridgehead atoms. The van der Waals surface area contributed by atoms with E-state index < -0.39 is 5.54 Å². The summed E-state index contributed by atoms with van der Waals surface area (Å²) in [6, 6.07) is 0. The molecule has 0 aromatic carbocycles. The fourth-order valence-corrected chi connectivity index (χ4v) is 2.60. The normalized spacial score (nSPS) is 24.4. The molecular weight excluding hydrogens is 335 g/mol. The Balaban J connectivity index is 0. The molecule has 21 heavy (non-hydrogen) atoms. The van der Waals surface area contributed by atoms with E-state index in [-0.39, 0.29) is 29.7 Å². The molecule has 2 unspecified atom stereocenters. The van der Waals surface area contributed by atoms with Gasteiger partial charge in [0.1, 0.15) is 0 Å². The topological polar surface area (TPSA) is 63.8 Å². The average Bonchev–Trinajstić information content (AvgIpc) is 2.38. The highest BCUT2D eigenvalue weighted by molar-refractivity contribution is 6.40. The molecule has 1 amide bonds. The van der Waals surface area contributed by atoms with E-state index in [2.05, 4.69) is 10.2 Å². The minimum Gasteiger partial charge on any atom is -0.412 e. The molecule has 0 fully saturated rings. The first-order valence-electron chi connectivity index (χ1n) is 6.61. The maximum absolute atomic E-state index is 12.1. The van der Waals surface area contributed by atoms with Crippen LogP contribution in [-0.2, 0) is 4.79 Å². The first kappa shape index (κ1) is 23.0. The van der Waals surface area contributed by atoms with Crippen molar-refractivity contribution in [2.45, 2.75) is 33.2 Å².